The normalized spacial score (nSPS) is 19.3. The van der Waals surface area contributed by atoms with E-state index >= 15 is 0 Å². The van der Waals surface area contributed by atoms with Crippen molar-refractivity contribution in [2.24, 2.45) is 16.9 Å². The first-order valence-electron chi connectivity index (χ1n) is 3.02. The summed E-state index contributed by atoms with van der Waals surface area (Å²) < 4.78 is 0. The second-order valence-corrected chi connectivity index (χ2v) is 3.24. The van der Waals surface area contributed by atoms with Gasteiger partial charge in [-0.25, -0.2) is 0 Å². The summed E-state index contributed by atoms with van der Waals surface area (Å²) in [6.07, 6.45) is 0. The van der Waals surface area contributed by atoms with Crippen LogP contribution >= 0.6 is 0 Å². The van der Waals surface area contributed by atoms with Crippen LogP contribution in [0.2, 0.25) is 0 Å². The van der Waals surface area contributed by atoms with Crippen LogP contribution in [0.1, 0.15) is 20.8 Å². The zero-order chi connectivity index (χ0) is 7.71. The Bertz CT molecular complexity index is 93.7. The summed E-state index contributed by atoms with van der Waals surface area (Å²) in [5, 5.41) is 9.24. The fourth-order valence-corrected chi connectivity index (χ4v) is 0.207. The van der Waals surface area contributed by atoms with E-state index in [4.69, 9.17) is 11.5 Å². The smallest absolute Gasteiger partial charge is 0.117 e. The van der Waals surface area contributed by atoms with Crippen molar-refractivity contribution in [3.05, 3.63) is 0 Å². The maximum Gasteiger partial charge on any atom is 0.117 e. The van der Waals surface area contributed by atoms with E-state index < -0.39 is 11.1 Å². The Balaban J connectivity index is 4.14. The first-order valence-corrected chi connectivity index (χ1v) is 3.02. The van der Waals surface area contributed by atoms with E-state index in [0.29, 0.717) is 6.54 Å². The molecule has 3 nitrogen and oxygen atoms in total. The molecule has 0 radical (unpaired) electrons. The van der Waals surface area contributed by atoms with Crippen LogP contribution in [0.5, 0.6) is 0 Å². The van der Waals surface area contributed by atoms with Gasteiger partial charge in [-0.15, -0.1) is 0 Å². The van der Waals surface area contributed by atoms with Crippen LogP contribution in [0.3, 0.4) is 0 Å². The SMILES string of the molecule is CC(N)(O)C(C)(C)CN. The highest BCUT2D eigenvalue weighted by molar-refractivity contribution is 4.84. The van der Waals surface area contributed by atoms with Crippen LogP contribution in [0.15, 0.2) is 0 Å². The van der Waals surface area contributed by atoms with Crippen molar-refractivity contribution in [1.29, 1.82) is 0 Å². The maximum absolute atomic E-state index is 9.24. The lowest BCUT2D eigenvalue weighted by Crippen LogP contribution is -2.53. The molecule has 0 spiro atoms. The summed E-state index contributed by atoms with van der Waals surface area (Å²) in [7, 11) is 0. The summed E-state index contributed by atoms with van der Waals surface area (Å²) >= 11 is 0. The lowest BCUT2D eigenvalue weighted by molar-refractivity contribution is -0.0405. The molecule has 0 fully saturated rings. The fourth-order valence-electron chi connectivity index (χ4n) is 0.207. The van der Waals surface area contributed by atoms with Crippen LogP contribution in [0.4, 0.5) is 0 Å². The van der Waals surface area contributed by atoms with Gasteiger partial charge in [-0.3, -0.25) is 0 Å². The second kappa shape index (κ2) is 2.25. The Morgan fingerprint density at radius 1 is 1.33 bits per heavy atom. The third-order valence-corrected chi connectivity index (χ3v) is 1.88. The van der Waals surface area contributed by atoms with Gasteiger partial charge in [0, 0.05) is 12.0 Å². The lowest BCUT2D eigenvalue weighted by Gasteiger charge is -2.35. The maximum atomic E-state index is 9.24. The fraction of sp³-hybridized carbons (Fsp3) is 1.00. The average Bonchev–Trinajstić information content (AvgIpc) is 1.64. The van der Waals surface area contributed by atoms with Crippen molar-refractivity contribution in [3.63, 3.8) is 0 Å². The molecule has 0 rings (SSSR count). The summed E-state index contributed by atoms with van der Waals surface area (Å²) in [4.78, 5) is 0. The summed E-state index contributed by atoms with van der Waals surface area (Å²) in [5.74, 6) is 0. The van der Waals surface area contributed by atoms with Crippen LogP contribution in [-0.4, -0.2) is 17.4 Å². The molecular formula is C6H16N2O. The number of hydrogen-bond acceptors (Lipinski definition) is 3. The predicted octanol–water partition coefficient (Wildman–Crippen LogP) is -0.362. The molecule has 9 heavy (non-hydrogen) atoms. The minimum absolute atomic E-state index is 0.385. The molecular weight excluding hydrogens is 116 g/mol. The van der Waals surface area contributed by atoms with Crippen molar-refractivity contribution < 1.29 is 5.11 Å². The third-order valence-electron chi connectivity index (χ3n) is 1.88. The molecule has 0 heterocycles. The number of nitrogens with two attached hydrogens (primary N) is 2. The van der Waals surface area contributed by atoms with E-state index in [0.717, 1.165) is 0 Å². The molecule has 0 aliphatic carbocycles. The highest BCUT2D eigenvalue weighted by Crippen LogP contribution is 2.23. The molecule has 0 aromatic carbocycles. The minimum Gasteiger partial charge on any atom is -0.376 e. The van der Waals surface area contributed by atoms with Crippen molar-refractivity contribution in [2.75, 3.05) is 6.54 Å². The van der Waals surface area contributed by atoms with Gasteiger partial charge < -0.3 is 16.6 Å². The summed E-state index contributed by atoms with van der Waals surface area (Å²) in [6, 6.07) is 0. The van der Waals surface area contributed by atoms with E-state index in [-0.39, 0.29) is 0 Å². The van der Waals surface area contributed by atoms with E-state index in [2.05, 4.69) is 0 Å². The van der Waals surface area contributed by atoms with Crippen LogP contribution in [0.25, 0.3) is 0 Å². The van der Waals surface area contributed by atoms with E-state index in [9.17, 15) is 5.11 Å². The monoisotopic (exact) mass is 132 g/mol. The Kier molecular flexibility index (Phi) is 2.22. The van der Waals surface area contributed by atoms with Gasteiger partial charge in [0.1, 0.15) is 5.72 Å². The Hall–Kier alpha value is -0.120. The topological polar surface area (TPSA) is 72.3 Å². The van der Waals surface area contributed by atoms with Gasteiger partial charge >= 0.3 is 0 Å². The van der Waals surface area contributed by atoms with Crippen molar-refractivity contribution in [2.45, 2.75) is 26.5 Å². The molecule has 0 bridgehead atoms. The molecule has 3 heteroatoms. The molecule has 0 aromatic rings. The number of aliphatic hydroxyl groups is 1. The number of rotatable bonds is 2. The van der Waals surface area contributed by atoms with Gasteiger partial charge in [0.15, 0.2) is 0 Å². The van der Waals surface area contributed by atoms with Crippen LogP contribution in [-0.2, 0) is 0 Å². The van der Waals surface area contributed by atoms with Gasteiger partial charge in [-0.2, -0.15) is 0 Å². The van der Waals surface area contributed by atoms with Gasteiger partial charge in [0.05, 0.1) is 0 Å². The molecule has 5 N–H and O–H groups in total. The van der Waals surface area contributed by atoms with Crippen LogP contribution < -0.4 is 11.5 Å². The molecule has 0 aliphatic rings. The average molecular weight is 132 g/mol. The molecule has 0 aromatic heterocycles. The van der Waals surface area contributed by atoms with Crippen molar-refractivity contribution in [1.82, 2.24) is 0 Å². The first kappa shape index (κ1) is 8.88. The van der Waals surface area contributed by atoms with Gasteiger partial charge in [0.2, 0.25) is 0 Å². The Morgan fingerprint density at radius 2 is 1.67 bits per heavy atom. The van der Waals surface area contributed by atoms with E-state index in [1.807, 2.05) is 13.8 Å². The lowest BCUT2D eigenvalue weighted by atomic mass is 9.83. The molecule has 0 saturated carbocycles. The Morgan fingerprint density at radius 3 is 1.67 bits per heavy atom. The predicted molar refractivity (Wildman–Crippen MR) is 37.6 cm³/mol. The molecule has 0 saturated heterocycles. The van der Waals surface area contributed by atoms with Gasteiger partial charge in [0.25, 0.3) is 0 Å². The minimum atomic E-state index is -1.18. The quantitative estimate of drug-likeness (QED) is 0.449. The molecule has 0 amide bonds. The van der Waals surface area contributed by atoms with Crippen molar-refractivity contribution in [3.8, 4) is 0 Å². The van der Waals surface area contributed by atoms with Crippen LogP contribution in [0, 0.1) is 5.41 Å². The van der Waals surface area contributed by atoms with Crippen molar-refractivity contribution >= 4 is 0 Å². The zero-order valence-electron chi connectivity index (χ0n) is 6.31. The standard InChI is InChI=1S/C6H16N2O/c1-5(2,4-7)6(3,8)9/h9H,4,7-8H2,1-3H3. The van der Waals surface area contributed by atoms with E-state index in [1.54, 1.807) is 6.92 Å². The molecule has 1 unspecified atom stereocenters. The second-order valence-electron chi connectivity index (χ2n) is 3.24. The summed E-state index contributed by atoms with van der Waals surface area (Å²) in [5.41, 5.74) is 9.16. The first-order chi connectivity index (χ1) is 3.81. The Labute approximate surface area is 56.0 Å². The highest BCUT2D eigenvalue weighted by Gasteiger charge is 2.33. The molecule has 0 aliphatic heterocycles. The molecule has 56 valence electrons. The zero-order valence-corrected chi connectivity index (χ0v) is 6.31. The highest BCUT2D eigenvalue weighted by atomic mass is 16.3. The van der Waals surface area contributed by atoms with Gasteiger partial charge in [-0.05, 0) is 6.92 Å². The third kappa shape index (κ3) is 1.93. The molecule has 1 atom stereocenters. The largest absolute Gasteiger partial charge is 0.376 e. The van der Waals surface area contributed by atoms with E-state index in [1.165, 1.54) is 0 Å². The van der Waals surface area contributed by atoms with Gasteiger partial charge in [-0.1, -0.05) is 13.8 Å². The summed E-state index contributed by atoms with van der Waals surface area (Å²) in [6.45, 7) is 5.59. The number of hydrogen-bond donors (Lipinski definition) is 3.